The average Bonchev–Trinajstić information content (AvgIpc) is 2.52. The third-order valence-electron chi connectivity index (χ3n) is 2.97. The van der Waals surface area contributed by atoms with Gasteiger partial charge in [0.05, 0.1) is 19.5 Å². The Balaban J connectivity index is 2.21. The van der Waals surface area contributed by atoms with E-state index >= 15 is 0 Å². The first-order valence-corrected chi connectivity index (χ1v) is 6.34. The van der Waals surface area contributed by atoms with E-state index in [1.165, 1.54) is 49.7 Å². The molecule has 1 N–H and O–H groups in total. The van der Waals surface area contributed by atoms with Crippen molar-refractivity contribution in [3.8, 4) is 11.5 Å². The molecule has 0 spiro atoms. The van der Waals surface area contributed by atoms with Crippen LogP contribution in [-0.2, 0) is 0 Å². The van der Waals surface area contributed by atoms with E-state index in [0.29, 0.717) is 5.56 Å². The molecule has 1 aromatic heterocycles. The van der Waals surface area contributed by atoms with Gasteiger partial charge in [-0.15, -0.1) is 0 Å². The first-order chi connectivity index (χ1) is 10.5. The Morgan fingerprint density at radius 2 is 1.95 bits per heavy atom. The van der Waals surface area contributed by atoms with Crippen LogP contribution in [0.25, 0.3) is 6.08 Å². The van der Waals surface area contributed by atoms with Crippen molar-refractivity contribution in [3.05, 3.63) is 59.4 Å². The normalized spacial score (nSPS) is 11.1. The third kappa shape index (κ3) is 3.46. The molecule has 0 bridgehead atoms. The number of aromatic nitrogens is 1. The van der Waals surface area contributed by atoms with Crippen LogP contribution in [0.15, 0.2) is 42.7 Å². The van der Waals surface area contributed by atoms with E-state index in [2.05, 4.69) is 4.98 Å². The monoisotopic (exact) mass is 305 g/mol. The lowest BCUT2D eigenvalue weighted by atomic mass is 10.1. The first-order valence-electron chi connectivity index (χ1n) is 6.34. The minimum absolute atomic E-state index is 0.00190. The summed E-state index contributed by atoms with van der Waals surface area (Å²) in [5.74, 6) is -0.612. The number of hydrogen-bond donors (Lipinski definition) is 1. The van der Waals surface area contributed by atoms with Crippen molar-refractivity contribution in [1.82, 2.24) is 4.98 Å². The smallest absolute Gasteiger partial charge is 0.263 e. The Morgan fingerprint density at radius 1 is 1.27 bits per heavy atom. The number of methoxy groups -OCH3 is 1. The molecule has 0 saturated carbocycles. The Kier molecular flexibility index (Phi) is 4.83. The fraction of sp³-hybridized carbons (Fsp3) is 0.125. The molecule has 0 saturated heterocycles. The van der Waals surface area contributed by atoms with Gasteiger partial charge in [-0.05, 0) is 11.6 Å². The summed E-state index contributed by atoms with van der Waals surface area (Å²) in [5, 5.41) is 9.71. The summed E-state index contributed by atoms with van der Waals surface area (Å²) in [7, 11) is 1.36. The second-order valence-corrected chi connectivity index (χ2v) is 4.40. The van der Waals surface area contributed by atoms with E-state index < -0.39 is 12.2 Å². The van der Waals surface area contributed by atoms with Gasteiger partial charge in [0.25, 0.3) is 6.43 Å². The van der Waals surface area contributed by atoms with Gasteiger partial charge in [-0.25, -0.2) is 8.78 Å². The Hall–Kier alpha value is -2.76. The number of carbonyl (C=O) groups excluding carboxylic acids is 1. The third-order valence-corrected chi connectivity index (χ3v) is 2.97. The van der Waals surface area contributed by atoms with Crippen LogP contribution in [0.4, 0.5) is 8.78 Å². The number of ketones is 1. The van der Waals surface area contributed by atoms with Gasteiger partial charge in [-0.3, -0.25) is 9.78 Å². The molecule has 2 aromatic rings. The van der Waals surface area contributed by atoms with E-state index in [1.807, 2.05) is 0 Å². The summed E-state index contributed by atoms with van der Waals surface area (Å²) >= 11 is 0. The number of halogens is 2. The van der Waals surface area contributed by atoms with Crippen LogP contribution < -0.4 is 4.74 Å². The predicted molar refractivity (Wildman–Crippen MR) is 77.2 cm³/mol. The van der Waals surface area contributed by atoms with Gasteiger partial charge in [-0.2, -0.15) is 0 Å². The van der Waals surface area contributed by atoms with Crippen molar-refractivity contribution in [2.45, 2.75) is 6.43 Å². The fourth-order valence-corrected chi connectivity index (χ4v) is 1.84. The van der Waals surface area contributed by atoms with E-state index in [4.69, 9.17) is 4.74 Å². The lowest BCUT2D eigenvalue weighted by Crippen LogP contribution is -2.00. The van der Waals surface area contributed by atoms with Gasteiger partial charge in [0.1, 0.15) is 11.3 Å². The molecule has 0 fully saturated rings. The van der Waals surface area contributed by atoms with Crippen LogP contribution in [-0.4, -0.2) is 23.0 Å². The summed E-state index contributed by atoms with van der Waals surface area (Å²) in [6.45, 7) is 0. The molecule has 6 heteroatoms. The highest BCUT2D eigenvalue weighted by Gasteiger charge is 2.15. The molecular weight excluding hydrogens is 292 g/mol. The van der Waals surface area contributed by atoms with Crippen molar-refractivity contribution in [2.75, 3.05) is 7.11 Å². The number of alkyl halides is 2. The largest absolute Gasteiger partial charge is 0.505 e. The molecule has 22 heavy (non-hydrogen) atoms. The van der Waals surface area contributed by atoms with Crippen LogP contribution >= 0.6 is 0 Å². The van der Waals surface area contributed by atoms with Gasteiger partial charge in [0.15, 0.2) is 11.5 Å². The zero-order valence-electron chi connectivity index (χ0n) is 11.7. The maximum Gasteiger partial charge on any atom is 0.263 e. The number of rotatable bonds is 5. The number of aromatic hydroxyl groups is 1. The maximum atomic E-state index is 12.4. The van der Waals surface area contributed by atoms with E-state index in [9.17, 15) is 18.7 Å². The number of ether oxygens (including phenoxy) is 1. The van der Waals surface area contributed by atoms with Crippen molar-refractivity contribution < 1.29 is 23.4 Å². The Bertz CT molecular complexity index is 697. The number of carbonyl (C=O) groups is 1. The van der Waals surface area contributed by atoms with Crippen molar-refractivity contribution in [2.24, 2.45) is 0 Å². The van der Waals surface area contributed by atoms with Crippen LogP contribution in [0.1, 0.15) is 27.9 Å². The highest BCUT2D eigenvalue weighted by Crippen LogP contribution is 2.27. The van der Waals surface area contributed by atoms with Gasteiger partial charge < -0.3 is 9.84 Å². The number of pyridine rings is 1. The van der Waals surface area contributed by atoms with Crippen LogP contribution in [0, 0.1) is 0 Å². The zero-order valence-corrected chi connectivity index (χ0v) is 11.7. The maximum absolute atomic E-state index is 12.4. The van der Waals surface area contributed by atoms with Gasteiger partial charge >= 0.3 is 0 Å². The van der Waals surface area contributed by atoms with Crippen LogP contribution in [0.5, 0.6) is 11.5 Å². The summed E-state index contributed by atoms with van der Waals surface area (Å²) < 4.78 is 29.9. The molecule has 4 nitrogen and oxygen atoms in total. The van der Waals surface area contributed by atoms with Crippen molar-refractivity contribution in [1.29, 1.82) is 0 Å². The predicted octanol–water partition coefficient (Wildman–Crippen LogP) is 3.63. The van der Waals surface area contributed by atoms with Crippen molar-refractivity contribution in [3.63, 3.8) is 0 Å². The number of benzene rings is 1. The molecule has 0 aliphatic heterocycles. The standard InChI is InChI=1S/C16H13F2NO3/c1-22-14-9-19-8-13(21)15(14)12(20)7-4-10-2-5-11(6-3-10)16(17)18/h2-9,16,21H,1H3. The second kappa shape index (κ2) is 6.80. The quantitative estimate of drug-likeness (QED) is 0.677. The molecule has 2 rings (SSSR count). The topological polar surface area (TPSA) is 59.4 Å². The molecule has 114 valence electrons. The first kappa shape index (κ1) is 15.6. The highest BCUT2D eigenvalue weighted by atomic mass is 19.3. The fourth-order valence-electron chi connectivity index (χ4n) is 1.84. The van der Waals surface area contributed by atoms with Gasteiger partial charge in [0, 0.05) is 5.56 Å². The van der Waals surface area contributed by atoms with E-state index in [0.717, 1.165) is 6.20 Å². The van der Waals surface area contributed by atoms with Crippen LogP contribution in [0.3, 0.4) is 0 Å². The highest BCUT2D eigenvalue weighted by molar-refractivity contribution is 6.10. The zero-order chi connectivity index (χ0) is 16.1. The summed E-state index contributed by atoms with van der Waals surface area (Å²) in [5.41, 5.74) is 0.500. The summed E-state index contributed by atoms with van der Waals surface area (Å²) in [6.07, 6.45) is 2.63. The van der Waals surface area contributed by atoms with Gasteiger partial charge in [-0.1, -0.05) is 30.3 Å². The van der Waals surface area contributed by atoms with E-state index in [1.54, 1.807) is 0 Å². The lowest BCUT2D eigenvalue weighted by Gasteiger charge is -2.06. The minimum atomic E-state index is -2.53. The molecular formula is C16H13F2NO3. The summed E-state index contributed by atoms with van der Waals surface area (Å²) in [4.78, 5) is 15.8. The van der Waals surface area contributed by atoms with Crippen molar-refractivity contribution >= 4 is 11.9 Å². The van der Waals surface area contributed by atoms with E-state index in [-0.39, 0.29) is 22.6 Å². The SMILES string of the molecule is COc1cncc(O)c1C(=O)C=Cc1ccc(C(F)F)cc1. The Morgan fingerprint density at radius 3 is 2.55 bits per heavy atom. The molecule has 0 unspecified atom stereocenters. The minimum Gasteiger partial charge on any atom is -0.505 e. The van der Waals surface area contributed by atoms with Gasteiger partial charge in [0.2, 0.25) is 0 Å². The number of allylic oxidation sites excluding steroid dienone is 1. The number of hydrogen-bond acceptors (Lipinski definition) is 4. The molecule has 0 atom stereocenters. The molecule has 0 aliphatic carbocycles. The molecule has 1 heterocycles. The molecule has 0 aliphatic rings. The average molecular weight is 305 g/mol. The molecule has 0 amide bonds. The van der Waals surface area contributed by atoms with Crippen LogP contribution in [0.2, 0.25) is 0 Å². The lowest BCUT2D eigenvalue weighted by molar-refractivity contribution is 0.104. The number of nitrogens with zero attached hydrogens (tertiary/aromatic N) is 1. The second-order valence-electron chi connectivity index (χ2n) is 4.40. The molecule has 1 aromatic carbocycles. The Labute approximate surface area is 125 Å². The molecule has 0 radical (unpaired) electrons. The summed E-state index contributed by atoms with van der Waals surface area (Å²) in [6, 6.07) is 5.54.